The third-order valence-electron chi connectivity index (χ3n) is 1.91. The van der Waals surface area contributed by atoms with Crippen LogP contribution in [0.5, 0.6) is 0 Å². The molecule has 0 spiro atoms. The number of alkyl halides is 3. The Morgan fingerprint density at radius 2 is 2.12 bits per heavy atom. The Kier molecular flexibility index (Phi) is 4.25. The average Bonchev–Trinajstić information content (AvgIpc) is 2.49. The van der Waals surface area contributed by atoms with E-state index in [2.05, 4.69) is 10.3 Å². The van der Waals surface area contributed by atoms with E-state index in [9.17, 15) is 13.2 Å². The van der Waals surface area contributed by atoms with Crippen LogP contribution in [0.15, 0.2) is 0 Å². The van der Waals surface area contributed by atoms with Gasteiger partial charge in [-0.2, -0.15) is 13.2 Å². The largest absolute Gasteiger partial charge is 0.408 e. The number of hydrogen-bond acceptors (Lipinski definition) is 4. The normalized spacial score (nSPS) is 12.1. The van der Waals surface area contributed by atoms with E-state index in [1.54, 1.807) is 0 Å². The average molecular weight is 238 g/mol. The number of aromatic nitrogens is 3. The van der Waals surface area contributed by atoms with Crippen LogP contribution >= 0.6 is 0 Å². The number of hydrogen-bond donors (Lipinski definition) is 1. The minimum atomic E-state index is -4.32. The lowest BCUT2D eigenvalue weighted by Crippen LogP contribution is -2.21. The molecule has 0 saturated heterocycles. The van der Waals surface area contributed by atoms with Crippen molar-refractivity contribution in [3.63, 3.8) is 0 Å². The molecule has 0 atom stereocenters. The number of halogens is 3. The molecule has 0 radical (unpaired) electrons. The highest BCUT2D eigenvalue weighted by atomic mass is 19.4. The zero-order chi connectivity index (χ0) is 12.2. The minimum Gasteiger partial charge on any atom is -0.378 e. The van der Waals surface area contributed by atoms with Gasteiger partial charge in [0.1, 0.15) is 6.54 Å². The van der Waals surface area contributed by atoms with Crippen LogP contribution < -0.4 is 5.73 Å². The highest BCUT2D eigenvalue weighted by molar-refractivity contribution is 5.09. The van der Waals surface area contributed by atoms with Gasteiger partial charge in [0, 0.05) is 13.5 Å². The van der Waals surface area contributed by atoms with Gasteiger partial charge in [0.25, 0.3) is 0 Å². The molecule has 0 aliphatic rings. The lowest BCUT2D eigenvalue weighted by atomic mass is 10.2. The van der Waals surface area contributed by atoms with Crippen LogP contribution in [-0.2, 0) is 24.3 Å². The van der Waals surface area contributed by atoms with Gasteiger partial charge in [-0.3, -0.25) is 0 Å². The summed E-state index contributed by atoms with van der Waals surface area (Å²) in [6.07, 6.45) is -3.94. The lowest BCUT2D eigenvalue weighted by molar-refractivity contribution is -0.143. The first-order chi connectivity index (χ1) is 7.48. The van der Waals surface area contributed by atoms with Crippen molar-refractivity contribution in [2.45, 2.75) is 25.7 Å². The molecule has 0 aliphatic carbocycles. The minimum absolute atomic E-state index is 0.0401. The van der Waals surface area contributed by atoms with Gasteiger partial charge in [0.2, 0.25) is 0 Å². The van der Waals surface area contributed by atoms with Crippen molar-refractivity contribution in [3.8, 4) is 0 Å². The Labute approximate surface area is 90.4 Å². The maximum Gasteiger partial charge on any atom is 0.408 e. The van der Waals surface area contributed by atoms with Crippen LogP contribution in [-0.4, -0.2) is 34.8 Å². The SMILES string of the molecule is COCc1c(CCN)nnn1CC(F)(F)F. The first kappa shape index (κ1) is 12.9. The van der Waals surface area contributed by atoms with Gasteiger partial charge in [0.05, 0.1) is 18.0 Å². The summed E-state index contributed by atoms with van der Waals surface area (Å²) in [4.78, 5) is 0. The van der Waals surface area contributed by atoms with E-state index in [-0.39, 0.29) is 6.61 Å². The Bertz CT molecular complexity index is 337. The summed E-state index contributed by atoms with van der Waals surface area (Å²) < 4.78 is 42.2. The van der Waals surface area contributed by atoms with Crippen molar-refractivity contribution in [1.82, 2.24) is 15.0 Å². The monoisotopic (exact) mass is 238 g/mol. The van der Waals surface area contributed by atoms with Gasteiger partial charge in [-0.15, -0.1) is 5.10 Å². The van der Waals surface area contributed by atoms with Crippen molar-refractivity contribution in [2.24, 2.45) is 5.73 Å². The molecular formula is C8H13F3N4O. The molecule has 1 heterocycles. The fourth-order valence-corrected chi connectivity index (χ4v) is 1.29. The summed E-state index contributed by atoms with van der Waals surface area (Å²) in [5.74, 6) is 0. The highest BCUT2D eigenvalue weighted by Crippen LogP contribution is 2.19. The van der Waals surface area contributed by atoms with E-state index in [1.807, 2.05) is 0 Å². The molecular weight excluding hydrogens is 225 g/mol. The summed E-state index contributed by atoms with van der Waals surface area (Å²) in [6, 6.07) is 0. The van der Waals surface area contributed by atoms with E-state index in [0.29, 0.717) is 24.4 Å². The second kappa shape index (κ2) is 5.26. The molecule has 0 aliphatic heterocycles. The molecule has 2 N–H and O–H groups in total. The fourth-order valence-electron chi connectivity index (χ4n) is 1.29. The summed E-state index contributed by atoms with van der Waals surface area (Å²) >= 11 is 0. The predicted molar refractivity (Wildman–Crippen MR) is 49.5 cm³/mol. The van der Waals surface area contributed by atoms with E-state index < -0.39 is 12.7 Å². The first-order valence-electron chi connectivity index (χ1n) is 4.65. The topological polar surface area (TPSA) is 66.0 Å². The van der Waals surface area contributed by atoms with Gasteiger partial charge < -0.3 is 10.5 Å². The summed E-state index contributed by atoms with van der Waals surface area (Å²) in [7, 11) is 1.40. The number of nitrogens with zero attached hydrogens (tertiary/aromatic N) is 3. The van der Waals surface area contributed by atoms with Crippen molar-refractivity contribution >= 4 is 0 Å². The second-order valence-electron chi connectivity index (χ2n) is 3.23. The van der Waals surface area contributed by atoms with Crippen molar-refractivity contribution in [1.29, 1.82) is 0 Å². The van der Waals surface area contributed by atoms with Crippen molar-refractivity contribution in [2.75, 3.05) is 13.7 Å². The number of nitrogens with two attached hydrogens (primary N) is 1. The van der Waals surface area contributed by atoms with E-state index in [4.69, 9.17) is 10.5 Å². The molecule has 1 aromatic heterocycles. The van der Waals surface area contributed by atoms with Crippen LogP contribution in [0.3, 0.4) is 0 Å². The number of rotatable bonds is 5. The smallest absolute Gasteiger partial charge is 0.378 e. The quantitative estimate of drug-likeness (QED) is 0.810. The predicted octanol–water partition coefficient (Wildman–Crippen LogP) is 0.488. The third kappa shape index (κ3) is 3.46. The van der Waals surface area contributed by atoms with Crippen molar-refractivity contribution in [3.05, 3.63) is 11.4 Å². The molecule has 0 saturated carbocycles. The lowest BCUT2D eigenvalue weighted by Gasteiger charge is -2.09. The van der Waals surface area contributed by atoms with Gasteiger partial charge in [-0.25, -0.2) is 4.68 Å². The Morgan fingerprint density at radius 1 is 1.44 bits per heavy atom. The molecule has 92 valence electrons. The molecule has 0 aromatic carbocycles. The molecule has 16 heavy (non-hydrogen) atoms. The van der Waals surface area contributed by atoms with Crippen molar-refractivity contribution < 1.29 is 17.9 Å². The molecule has 0 amide bonds. The van der Waals surface area contributed by atoms with E-state index >= 15 is 0 Å². The molecule has 1 aromatic rings. The van der Waals surface area contributed by atoms with E-state index in [1.165, 1.54) is 7.11 Å². The van der Waals surface area contributed by atoms with Crippen LogP contribution in [0.2, 0.25) is 0 Å². The standard InChI is InChI=1S/C8H13F3N4O/c1-16-4-7-6(2-3-12)13-14-15(7)5-8(9,10)11/h2-5,12H2,1H3. The number of ether oxygens (including phenoxy) is 1. The zero-order valence-corrected chi connectivity index (χ0v) is 8.79. The van der Waals surface area contributed by atoms with Gasteiger partial charge >= 0.3 is 6.18 Å². The molecule has 0 bridgehead atoms. The Morgan fingerprint density at radius 3 is 2.62 bits per heavy atom. The third-order valence-corrected chi connectivity index (χ3v) is 1.91. The zero-order valence-electron chi connectivity index (χ0n) is 8.79. The number of methoxy groups -OCH3 is 1. The van der Waals surface area contributed by atoms with Gasteiger partial charge in [-0.1, -0.05) is 5.21 Å². The van der Waals surface area contributed by atoms with Gasteiger partial charge in [-0.05, 0) is 6.54 Å². The second-order valence-corrected chi connectivity index (χ2v) is 3.23. The van der Waals surface area contributed by atoms with Crippen LogP contribution in [0.4, 0.5) is 13.2 Å². The van der Waals surface area contributed by atoms with Gasteiger partial charge in [0.15, 0.2) is 0 Å². The molecule has 0 fully saturated rings. The maximum absolute atomic E-state index is 12.2. The highest BCUT2D eigenvalue weighted by Gasteiger charge is 2.30. The summed E-state index contributed by atoms with van der Waals surface area (Å²) in [6.45, 7) is -0.816. The van der Waals surface area contributed by atoms with Crippen LogP contribution in [0.25, 0.3) is 0 Å². The Hall–Kier alpha value is -1.15. The van der Waals surface area contributed by atoms with Crippen LogP contribution in [0, 0.1) is 0 Å². The molecule has 0 unspecified atom stereocenters. The molecule has 1 rings (SSSR count). The van der Waals surface area contributed by atoms with Crippen LogP contribution in [0.1, 0.15) is 11.4 Å². The van der Waals surface area contributed by atoms with E-state index in [0.717, 1.165) is 4.68 Å². The summed E-state index contributed by atoms with van der Waals surface area (Å²) in [5.41, 5.74) is 6.10. The first-order valence-corrected chi connectivity index (χ1v) is 4.65. The fraction of sp³-hybridized carbons (Fsp3) is 0.750. The molecule has 5 nitrogen and oxygen atoms in total. The Balaban J connectivity index is 2.90. The maximum atomic E-state index is 12.2. The molecule has 8 heteroatoms. The summed E-state index contributed by atoms with van der Waals surface area (Å²) in [5, 5.41) is 7.11.